The molecule has 16 aromatic rings. The Morgan fingerprint density at radius 2 is 0.667 bits per heavy atom. The Labute approximate surface area is 564 Å². The van der Waals surface area contributed by atoms with Crippen molar-refractivity contribution in [1.29, 1.82) is 0 Å². The number of hydrogen-bond donors (Lipinski definition) is 1. The molecule has 2 aliphatic carbocycles. The summed E-state index contributed by atoms with van der Waals surface area (Å²) in [6, 6.07) is 125. The van der Waals surface area contributed by atoms with Crippen LogP contribution < -0.4 is 19.7 Å². The van der Waals surface area contributed by atoms with E-state index in [2.05, 4.69) is 326 Å². The summed E-state index contributed by atoms with van der Waals surface area (Å²) in [6.07, 6.45) is 0. The first-order valence-corrected chi connectivity index (χ1v) is 32.8. The van der Waals surface area contributed by atoms with Crippen molar-refractivity contribution in [3.8, 4) is 45.3 Å². The van der Waals surface area contributed by atoms with Crippen LogP contribution in [0.5, 0.6) is 23.0 Å². The second kappa shape index (κ2) is 23.6. The molecule has 0 unspecified atom stereocenters. The van der Waals surface area contributed by atoms with Crippen LogP contribution in [0.15, 0.2) is 352 Å². The molecule has 0 bridgehead atoms. The Kier molecular flexibility index (Phi) is 14.2. The summed E-state index contributed by atoms with van der Waals surface area (Å²) in [5.74, 6) is 3.62. The first-order chi connectivity index (χ1) is 47.0. The Hall–Kier alpha value is -12.0. The molecule has 2 aliphatic heterocycles. The highest BCUT2D eigenvalue weighted by atomic mass is 35.5. The zero-order chi connectivity index (χ0) is 63.0. The van der Waals surface area contributed by atoms with E-state index in [4.69, 9.17) is 21.1 Å². The third-order valence-electron chi connectivity index (χ3n) is 19.7. The molecule has 1 N–H and O–H groups in total. The number of nitrogens with one attached hydrogen (secondary N) is 1. The van der Waals surface area contributed by atoms with Crippen LogP contribution in [0.4, 0.5) is 28.4 Å². The maximum Gasteiger partial charge on any atom is 0.132 e. The summed E-state index contributed by atoms with van der Waals surface area (Å²) in [5.41, 5.74) is 19.5. The van der Waals surface area contributed by atoms with Crippen LogP contribution in [-0.4, -0.2) is 0 Å². The molecule has 20 rings (SSSR count). The number of nitrogens with zero attached hydrogens (tertiary/aromatic N) is 1. The summed E-state index contributed by atoms with van der Waals surface area (Å²) in [7, 11) is 0. The van der Waals surface area contributed by atoms with Gasteiger partial charge in [-0.05, 0) is 162 Å². The van der Waals surface area contributed by atoms with E-state index in [1.165, 1.54) is 110 Å². The average molecular weight is 1250 g/mol. The van der Waals surface area contributed by atoms with Crippen LogP contribution in [-0.2, 0) is 10.8 Å². The Bertz CT molecular complexity index is 5600. The Balaban J connectivity index is 0.000000121. The normalized spacial score (nSPS) is 13.1. The number of anilines is 5. The Morgan fingerprint density at radius 3 is 1.20 bits per heavy atom. The molecule has 0 fully saturated rings. The van der Waals surface area contributed by atoms with Gasteiger partial charge in [0, 0.05) is 60.8 Å². The van der Waals surface area contributed by atoms with Crippen molar-refractivity contribution in [1.82, 2.24) is 0 Å². The fourth-order valence-electron chi connectivity index (χ4n) is 15.9. The van der Waals surface area contributed by atoms with Crippen molar-refractivity contribution < 1.29 is 9.47 Å². The van der Waals surface area contributed by atoms with Gasteiger partial charge in [0.2, 0.25) is 0 Å². The minimum absolute atomic E-state index is 0. The van der Waals surface area contributed by atoms with E-state index in [-0.39, 0.29) is 7.43 Å². The molecule has 2 heterocycles. The smallest absolute Gasteiger partial charge is 0.132 e. The molecule has 96 heavy (non-hydrogen) atoms. The van der Waals surface area contributed by atoms with E-state index in [1.807, 2.05) is 36.4 Å². The third kappa shape index (κ3) is 9.05. The molecule has 2 spiro atoms. The van der Waals surface area contributed by atoms with Crippen molar-refractivity contribution in [2.45, 2.75) is 18.3 Å². The van der Waals surface area contributed by atoms with Gasteiger partial charge in [-0.1, -0.05) is 286 Å². The number of benzene rings is 16. The van der Waals surface area contributed by atoms with Crippen LogP contribution >= 0.6 is 11.6 Å². The van der Waals surface area contributed by atoms with Gasteiger partial charge in [-0.3, -0.25) is 0 Å². The largest absolute Gasteiger partial charge is 0.457 e. The van der Waals surface area contributed by atoms with Gasteiger partial charge in [-0.2, -0.15) is 0 Å². The van der Waals surface area contributed by atoms with Gasteiger partial charge in [-0.15, -0.1) is 0 Å². The summed E-state index contributed by atoms with van der Waals surface area (Å²) in [6.45, 7) is 0. The molecule has 0 saturated heterocycles. The predicted molar refractivity (Wildman–Crippen MR) is 400 cm³/mol. The van der Waals surface area contributed by atoms with Crippen LogP contribution in [0.3, 0.4) is 0 Å². The molecular formula is C91H63ClN2O2. The zero-order valence-corrected chi connectivity index (χ0v) is 52.4. The Morgan fingerprint density at radius 1 is 0.281 bits per heavy atom. The van der Waals surface area contributed by atoms with Gasteiger partial charge in [0.05, 0.1) is 16.5 Å². The number of rotatable bonds is 5. The second-order valence-corrected chi connectivity index (χ2v) is 25.2. The standard InChI is InChI=1S/C45H29NO.C29H17ClO.C16H13N.CH4/c1-2-16-32(17-3-1)46(41-22-12-15-30-13-4-6-18-34(30)41)33-26-28-37-36(29-33)44-35-19-7-5-14-31(35)25-27-40(44)45(37)38-20-8-10-23-42(38)47-43-24-11-9-21-39(43)45;30-19-14-16-22-21(17-19)28-20-8-2-1-7-18(20)13-15-25(28)29(22)23-9-3-5-11-26(23)31-27-12-6-4-10-24(27)29;1-2-9-14(10-3-1)17-16-12-6-8-13-7-4-5-11-15(13)16;/h1-29H;1-17H;1-12,17H;1H4. The van der Waals surface area contributed by atoms with E-state index in [0.717, 1.165) is 56.5 Å². The summed E-state index contributed by atoms with van der Waals surface area (Å²) in [4.78, 5) is 2.41. The van der Waals surface area contributed by atoms with Crippen molar-refractivity contribution >= 4 is 83.1 Å². The fourth-order valence-corrected chi connectivity index (χ4v) is 16.0. The van der Waals surface area contributed by atoms with Gasteiger partial charge in [0.1, 0.15) is 23.0 Å². The van der Waals surface area contributed by atoms with Crippen molar-refractivity contribution in [2.75, 3.05) is 10.2 Å². The second-order valence-electron chi connectivity index (χ2n) is 24.7. The highest BCUT2D eigenvalue weighted by Gasteiger charge is 2.53. The number of halogens is 1. The van der Waals surface area contributed by atoms with Gasteiger partial charge >= 0.3 is 0 Å². The zero-order valence-electron chi connectivity index (χ0n) is 51.6. The average Bonchev–Trinajstić information content (AvgIpc) is 1.51. The summed E-state index contributed by atoms with van der Waals surface area (Å²) in [5, 5.41) is 14.1. The topological polar surface area (TPSA) is 33.7 Å². The number of fused-ring (bicyclic) bond motifs is 24. The molecule has 4 nitrogen and oxygen atoms in total. The first kappa shape index (κ1) is 57.9. The molecule has 456 valence electrons. The maximum atomic E-state index is 6.59. The van der Waals surface area contributed by atoms with E-state index in [0.29, 0.717) is 0 Å². The van der Waals surface area contributed by atoms with Crippen LogP contribution in [0.25, 0.3) is 65.3 Å². The van der Waals surface area contributed by atoms with E-state index < -0.39 is 10.8 Å². The highest BCUT2D eigenvalue weighted by molar-refractivity contribution is 6.31. The quantitative estimate of drug-likeness (QED) is 0.186. The first-order valence-electron chi connectivity index (χ1n) is 32.4. The summed E-state index contributed by atoms with van der Waals surface area (Å²) >= 11 is 6.54. The maximum absolute atomic E-state index is 6.59. The minimum Gasteiger partial charge on any atom is -0.457 e. The van der Waals surface area contributed by atoms with Crippen LogP contribution in [0.1, 0.15) is 51.9 Å². The molecule has 4 aliphatic rings. The molecule has 0 radical (unpaired) electrons. The molecular weight excluding hydrogens is 1190 g/mol. The molecule has 0 amide bonds. The van der Waals surface area contributed by atoms with Gasteiger partial charge < -0.3 is 19.7 Å². The van der Waals surface area contributed by atoms with Crippen molar-refractivity contribution in [3.63, 3.8) is 0 Å². The van der Waals surface area contributed by atoms with Crippen molar-refractivity contribution in [2.24, 2.45) is 0 Å². The van der Waals surface area contributed by atoms with E-state index >= 15 is 0 Å². The SMILES string of the molecule is C.Clc1ccc2c(c1)-c1c(ccc3ccccc13)C21c2ccccc2Oc2ccccc21.c1ccc(N(c2ccc3c(c2)-c2c(ccc4ccccc24)C32c3ccccc3Oc3ccccc32)c2cccc3ccccc23)cc1.c1ccc(Nc2cccc3ccccc23)cc1. The lowest BCUT2D eigenvalue weighted by Crippen LogP contribution is -2.32. The number of ether oxygens (including phenoxy) is 2. The van der Waals surface area contributed by atoms with Gasteiger partial charge in [0.25, 0.3) is 0 Å². The number of para-hydroxylation sites is 6. The van der Waals surface area contributed by atoms with E-state index in [9.17, 15) is 0 Å². The van der Waals surface area contributed by atoms with Crippen LogP contribution in [0, 0.1) is 0 Å². The molecule has 16 aromatic carbocycles. The highest BCUT2D eigenvalue weighted by Crippen LogP contribution is 2.65. The van der Waals surface area contributed by atoms with Gasteiger partial charge in [0.15, 0.2) is 0 Å². The van der Waals surface area contributed by atoms with Crippen LogP contribution in [0.2, 0.25) is 5.02 Å². The minimum atomic E-state index is -0.518. The number of hydrogen-bond acceptors (Lipinski definition) is 4. The van der Waals surface area contributed by atoms with Gasteiger partial charge in [-0.25, -0.2) is 0 Å². The predicted octanol–water partition coefficient (Wildman–Crippen LogP) is 25.1. The lowest BCUT2D eigenvalue weighted by Gasteiger charge is -2.39. The molecule has 5 heteroatoms. The molecule has 0 saturated carbocycles. The van der Waals surface area contributed by atoms with Crippen molar-refractivity contribution in [3.05, 3.63) is 401 Å². The lowest BCUT2D eigenvalue weighted by atomic mass is 9.66. The fraction of sp³-hybridized carbons (Fsp3) is 0.0330. The molecule has 0 atom stereocenters. The monoisotopic (exact) mass is 1250 g/mol. The van der Waals surface area contributed by atoms with E-state index in [1.54, 1.807) is 0 Å². The third-order valence-corrected chi connectivity index (χ3v) is 20.0. The molecule has 0 aromatic heterocycles. The summed E-state index contributed by atoms with van der Waals surface area (Å²) < 4.78 is 13.0. The lowest BCUT2D eigenvalue weighted by molar-refractivity contribution is 0.436.